The maximum absolute atomic E-state index is 12.4. The summed E-state index contributed by atoms with van der Waals surface area (Å²) in [6.07, 6.45) is -1.07. The maximum Gasteiger partial charge on any atom is 0.265 e. The molecule has 1 N–H and O–H groups in total. The number of halogens is 3. The van der Waals surface area contributed by atoms with Gasteiger partial charge in [-0.15, -0.1) is 0 Å². The largest absolute Gasteiger partial charge is 0.361 e. The summed E-state index contributed by atoms with van der Waals surface area (Å²) in [5.41, 5.74) is 0.784. The van der Waals surface area contributed by atoms with Crippen molar-refractivity contribution >= 4 is 26.8 Å². The lowest BCUT2D eigenvalue weighted by Crippen LogP contribution is -1.79. The van der Waals surface area contributed by atoms with Crippen LogP contribution < -0.4 is 0 Å². The zero-order valence-corrected chi connectivity index (χ0v) is 8.11. The molecule has 0 aliphatic carbocycles. The first kappa shape index (κ1) is 8.69. The Hall–Kier alpha value is -0.900. The van der Waals surface area contributed by atoms with Gasteiger partial charge in [0.15, 0.2) is 0 Å². The molecule has 0 atom stereocenters. The molecule has 1 aromatic heterocycles. The highest BCUT2D eigenvalue weighted by Gasteiger charge is 2.12. The van der Waals surface area contributed by atoms with Gasteiger partial charge in [0.1, 0.15) is 0 Å². The van der Waals surface area contributed by atoms with Gasteiger partial charge in [0.2, 0.25) is 0 Å². The third-order valence-corrected chi connectivity index (χ3v) is 2.40. The Kier molecular flexibility index (Phi) is 2.07. The monoisotopic (exact) mass is 245 g/mol. The summed E-state index contributed by atoms with van der Waals surface area (Å²) in [4.78, 5) is 2.80. The van der Waals surface area contributed by atoms with Crippen molar-refractivity contribution in [1.82, 2.24) is 4.98 Å². The van der Waals surface area contributed by atoms with E-state index in [-0.39, 0.29) is 5.56 Å². The number of hydrogen-bond acceptors (Lipinski definition) is 0. The average molecular weight is 246 g/mol. The van der Waals surface area contributed by atoms with Crippen LogP contribution in [0, 0.1) is 0 Å². The highest BCUT2D eigenvalue weighted by Crippen LogP contribution is 2.28. The van der Waals surface area contributed by atoms with Gasteiger partial charge in [-0.05, 0) is 12.1 Å². The molecule has 0 fully saturated rings. The van der Waals surface area contributed by atoms with Crippen LogP contribution in [0.3, 0.4) is 0 Å². The third-order valence-electron chi connectivity index (χ3n) is 1.91. The lowest BCUT2D eigenvalue weighted by atomic mass is 10.2. The molecule has 13 heavy (non-hydrogen) atoms. The molecule has 4 heteroatoms. The summed E-state index contributed by atoms with van der Waals surface area (Å²) in [5.74, 6) is 0. The van der Waals surface area contributed by atoms with Gasteiger partial charge in [-0.3, -0.25) is 0 Å². The predicted octanol–water partition coefficient (Wildman–Crippen LogP) is 3.87. The Morgan fingerprint density at radius 3 is 2.77 bits per heavy atom. The SMILES string of the molecule is FC(F)c1c[nH]c2cc(Br)ccc12. The van der Waals surface area contributed by atoms with Crippen LogP contribution in [0.2, 0.25) is 0 Å². The summed E-state index contributed by atoms with van der Waals surface area (Å²) in [7, 11) is 0. The van der Waals surface area contributed by atoms with Crippen molar-refractivity contribution < 1.29 is 8.78 Å². The molecular weight excluding hydrogens is 240 g/mol. The summed E-state index contributed by atoms with van der Waals surface area (Å²) >= 11 is 3.27. The first-order valence-electron chi connectivity index (χ1n) is 3.73. The summed E-state index contributed by atoms with van der Waals surface area (Å²) in [6, 6.07) is 5.21. The highest BCUT2D eigenvalue weighted by molar-refractivity contribution is 9.10. The molecule has 0 aliphatic heterocycles. The Bertz CT molecular complexity index is 436. The van der Waals surface area contributed by atoms with Crippen molar-refractivity contribution in [2.75, 3.05) is 0 Å². The Morgan fingerprint density at radius 1 is 1.31 bits per heavy atom. The molecule has 2 rings (SSSR count). The van der Waals surface area contributed by atoms with Crippen molar-refractivity contribution in [3.05, 3.63) is 34.4 Å². The van der Waals surface area contributed by atoms with Crippen LogP contribution in [0.4, 0.5) is 8.78 Å². The molecule has 0 unspecified atom stereocenters. The molecule has 0 amide bonds. The van der Waals surface area contributed by atoms with E-state index in [4.69, 9.17) is 0 Å². The van der Waals surface area contributed by atoms with Crippen LogP contribution in [0.5, 0.6) is 0 Å². The summed E-state index contributed by atoms with van der Waals surface area (Å²) in [6.45, 7) is 0. The number of alkyl halides is 2. The molecule has 0 saturated carbocycles. The van der Waals surface area contributed by atoms with Gasteiger partial charge in [0.25, 0.3) is 6.43 Å². The minimum Gasteiger partial charge on any atom is -0.361 e. The molecule has 68 valence electrons. The van der Waals surface area contributed by atoms with Crippen molar-refractivity contribution in [3.8, 4) is 0 Å². The summed E-state index contributed by atoms with van der Waals surface area (Å²) in [5, 5.41) is 0.582. The maximum atomic E-state index is 12.4. The molecule has 0 bridgehead atoms. The second-order valence-corrected chi connectivity index (χ2v) is 3.65. The highest BCUT2D eigenvalue weighted by atomic mass is 79.9. The average Bonchev–Trinajstić information content (AvgIpc) is 2.46. The number of H-pyrrole nitrogens is 1. The Morgan fingerprint density at radius 2 is 2.08 bits per heavy atom. The minimum absolute atomic E-state index is 0.0579. The van der Waals surface area contributed by atoms with E-state index in [0.29, 0.717) is 5.39 Å². The molecule has 1 heterocycles. The Labute approximate surface area is 81.9 Å². The normalized spacial score (nSPS) is 11.4. The van der Waals surface area contributed by atoms with Crippen LogP contribution >= 0.6 is 15.9 Å². The molecule has 1 nitrogen and oxygen atoms in total. The molecule has 0 radical (unpaired) electrons. The second-order valence-electron chi connectivity index (χ2n) is 2.73. The van der Waals surface area contributed by atoms with E-state index < -0.39 is 6.43 Å². The molecule has 1 aromatic carbocycles. The molecule has 0 aliphatic rings. The fourth-order valence-electron chi connectivity index (χ4n) is 1.30. The lowest BCUT2D eigenvalue weighted by Gasteiger charge is -1.96. The summed E-state index contributed by atoms with van der Waals surface area (Å²) < 4.78 is 25.7. The fourth-order valence-corrected chi connectivity index (χ4v) is 1.66. The van der Waals surface area contributed by atoms with E-state index in [1.807, 2.05) is 0 Å². The second kappa shape index (κ2) is 3.10. The van der Waals surface area contributed by atoms with E-state index >= 15 is 0 Å². The van der Waals surface area contributed by atoms with E-state index in [0.717, 1.165) is 9.99 Å². The lowest BCUT2D eigenvalue weighted by molar-refractivity contribution is 0.153. The van der Waals surface area contributed by atoms with Crippen LogP contribution in [0.1, 0.15) is 12.0 Å². The van der Waals surface area contributed by atoms with Crippen molar-refractivity contribution in [2.24, 2.45) is 0 Å². The topological polar surface area (TPSA) is 15.8 Å². The number of benzene rings is 1. The van der Waals surface area contributed by atoms with Gasteiger partial charge in [0.05, 0.1) is 0 Å². The quantitative estimate of drug-likeness (QED) is 0.786. The predicted molar refractivity (Wildman–Crippen MR) is 51.0 cm³/mol. The molecule has 0 spiro atoms. The smallest absolute Gasteiger partial charge is 0.265 e. The zero-order chi connectivity index (χ0) is 9.42. The van der Waals surface area contributed by atoms with Crippen LogP contribution in [-0.4, -0.2) is 4.98 Å². The molecule has 0 saturated heterocycles. The zero-order valence-electron chi connectivity index (χ0n) is 6.52. The van der Waals surface area contributed by atoms with Gasteiger partial charge in [-0.25, -0.2) is 8.78 Å². The van der Waals surface area contributed by atoms with Gasteiger partial charge >= 0.3 is 0 Å². The first-order chi connectivity index (χ1) is 6.18. The van der Waals surface area contributed by atoms with Gasteiger partial charge in [-0.1, -0.05) is 22.0 Å². The molecule has 2 aromatic rings. The third kappa shape index (κ3) is 1.46. The van der Waals surface area contributed by atoms with Crippen LogP contribution in [0.25, 0.3) is 10.9 Å². The number of nitrogens with one attached hydrogen (secondary N) is 1. The van der Waals surface area contributed by atoms with E-state index in [1.54, 1.807) is 18.2 Å². The number of hydrogen-bond donors (Lipinski definition) is 1. The van der Waals surface area contributed by atoms with Gasteiger partial charge < -0.3 is 4.98 Å². The fraction of sp³-hybridized carbons (Fsp3) is 0.111. The number of aromatic nitrogens is 1. The molecular formula is C9H6BrF2N. The van der Waals surface area contributed by atoms with E-state index in [9.17, 15) is 8.78 Å². The van der Waals surface area contributed by atoms with Crippen LogP contribution in [-0.2, 0) is 0 Å². The van der Waals surface area contributed by atoms with Crippen molar-refractivity contribution in [2.45, 2.75) is 6.43 Å². The van der Waals surface area contributed by atoms with Crippen LogP contribution in [0.15, 0.2) is 28.9 Å². The minimum atomic E-state index is -2.42. The van der Waals surface area contributed by atoms with Gasteiger partial charge in [0, 0.05) is 27.1 Å². The number of rotatable bonds is 1. The van der Waals surface area contributed by atoms with E-state index in [2.05, 4.69) is 20.9 Å². The van der Waals surface area contributed by atoms with Crippen molar-refractivity contribution in [1.29, 1.82) is 0 Å². The Balaban J connectivity index is 2.69. The first-order valence-corrected chi connectivity index (χ1v) is 4.52. The number of aromatic amines is 1. The van der Waals surface area contributed by atoms with E-state index in [1.165, 1.54) is 6.20 Å². The van der Waals surface area contributed by atoms with Crippen molar-refractivity contribution in [3.63, 3.8) is 0 Å². The standard InChI is InChI=1S/C9H6BrF2N/c10-5-1-2-6-7(9(11)12)4-13-8(6)3-5/h1-4,9,13H. The van der Waals surface area contributed by atoms with Gasteiger partial charge in [-0.2, -0.15) is 0 Å². The number of fused-ring (bicyclic) bond motifs is 1.